The molecule has 0 saturated carbocycles. The van der Waals surface area contributed by atoms with Crippen molar-refractivity contribution in [2.45, 2.75) is 32.6 Å². The van der Waals surface area contributed by atoms with Crippen molar-refractivity contribution in [1.29, 1.82) is 5.41 Å². The second kappa shape index (κ2) is 7.52. The molecule has 2 heterocycles. The topological polar surface area (TPSA) is 68.0 Å². The van der Waals surface area contributed by atoms with Crippen molar-refractivity contribution >= 4 is 16.6 Å². The van der Waals surface area contributed by atoms with E-state index in [1.807, 2.05) is 54.6 Å². The number of carbonyl (C=O) groups is 1. The van der Waals surface area contributed by atoms with E-state index in [0.29, 0.717) is 35.6 Å². The van der Waals surface area contributed by atoms with Crippen LogP contribution in [0, 0.1) is 10.8 Å². The van der Waals surface area contributed by atoms with E-state index in [-0.39, 0.29) is 22.6 Å². The average Bonchev–Trinajstić information content (AvgIpc) is 2.83. The van der Waals surface area contributed by atoms with Crippen LogP contribution in [-0.2, 0) is 4.79 Å². The van der Waals surface area contributed by atoms with Crippen LogP contribution in [-0.4, -0.2) is 15.3 Å². The fraction of sp³-hybridized carbons (Fsp3) is 0.207. The number of benzene rings is 3. The van der Waals surface area contributed by atoms with Crippen molar-refractivity contribution < 1.29 is 9.53 Å². The molecule has 6 rings (SSSR count). The summed E-state index contributed by atoms with van der Waals surface area (Å²) in [6.07, 6.45) is 2.79. The molecule has 5 nitrogen and oxygen atoms in total. The van der Waals surface area contributed by atoms with E-state index in [1.165, 1.54) is 0 Å². The molecule has 168 valence electrons. The van der Waals surface area contributed by atoms with E-state index >= 15 is 0 Å². The van der Waals surface area contributed by atoms with E-state index in [9.17, 15) is 10.2 Å². The third kappa shape index (κ3) is 3.19. The predicted octanol–water partition coefficient (Wildman–Crippen LogP) is 5.67. The number of ether oxygens (including phenoxy) is 1. The van der Waals surface area contributed by atoms with E-state index < -0.39 is 0 Å². The SMILES string of the molecule is CC1(C)CC(=O)C2=C(C1)Oc1ncn(-c3cccc4ccccc34)c(=N)c1C2c1ccccc1. The van der Waals surface area contributed by atoms with Crippen LogP contribution >= 0.6 is 0 Å². The minimum absolute atomic E-state index is 0.0886. The summed E-state index contributed by atoms with van der Waals surface area (Å²) < 4.78 is 8.06. The Hall–Kier alpha value is -3.99. The van der Waals surface area contributed by atoms with Gasteiger partial charge in [-0.15, -0.1) is 0 Å². The molecule has 1 N–H and O–H groups in total. The van der Waals surface area contributed by atoms with Crippen LogP contribution in [0.2, 0.25) is 0 Å². The number of hydrogen-bond donors (Lipinski definition) is 1. The highest BCUT2D eigenvalue weighted by atomic mass is 16.5. The van der Waals surface area contributed by atoms with Gasteiger partial charge in [-0.2, -0.15) is 0 Å². The molecule has 0 spiro atoms. The van der Waals surface area contributed by atoms with Gasteiger partial charge < -0.3 is 4.74 Å². The summed E-state index contributed by atoms with van der Waals surface area (Å²) in [6, 6.07) is 24.1. The number of nitrogens with one attached hydrogen (secondary N) is 1. The molecule has 0 bridgehead atoms. The Balaban J connectivity index is 1.62. The summed E-state index contributed by atoms with van der Waals surface area (Å²) in [5.41, 5.74) is 3.26. The molecular weight excluding hydrogens is 422 g/mol. The van der Waals surface area contributed by atoms with E-state index in [2.05, 4.69) is 37.0 Å². The Morgan fingerprint density at radius 1 is 0.971 bits per heavy atom. The highest BCUT2D eigenvalue weighted by molar-refractivity contribution is 6.00. The molecule has 0 fully saturated rings. The van der Waals surface area contributed by atoms with Crippen molar-refractivity contribution in [3.05, 3.63) is 107 Å². The van der Waals surface area contributed by atoms with Gasteiger partial charge in [0.15, 0.2) is 5.78 Å². The molecule has 0 saturated heterocycles. The summed E-state index contributed by atoms with van der Waals surface area (Å²) in [7, 11) is 0. The Morgan fingerprint density at radius 3 is 2.53 bits per heavy atom. The molecule has 5 heteroatoms. The molecule has 3 aromatic carbocycles. The molecule has 4 aromatic rings. The Morgan fingerprint density at radius 2 is 1.71 bits per heavy atom. The molecule has 1 aromatic heterocycles. The zero-order chi connectivity index (χ0) is 23.4. The summed E-state index contributed by atoms with van der Waals surface area (Å²) in [6.45, 7) is 4.18. The number of allylic oxidation sites excluding steroid dienone is 2. The zero-order valence-electron chi connectivity index (χ0n) is 19.2. The highest BCUT2D eigenvalue weighted by Gasteiger charge is 2.43. The molecule has 1 aliphatic carbocycles. The lowest BCUT2D eigenvalue weighted by atomic mass is 9.70. The highest BCUT2D eigenvalue weighted by Crippen LogP contribution is 2.48. The first-order valence-corrected chi connectivity index (χ1v) is 11.6. The molecule has 1 aliphatic heterocycles. The monoisotopic (exact) mass is 447 g/mol. The molecule has 0 amide bonds. The minimum Gasteiger partial charge on any atom is -0.442 e. The van der Waals surface area contributed by atoms with Gasteiger partial charge in [0.05, 0.1) is 11.3 Å². The van der Waals surface area contributed by atoms with Crippen molar-refractivity contribution in [2.75, 3.05) is 0 Å². The van der Waals surface area contributed by atoms with Crippen LogP contribution < -0.4 is 10.2 Å². The quantitative estimate of drug-likeness (QED) is 0.430. The molecule has 1 atom stereocenters. The normalized spacial score (nSPS) is 18.9. The lowest BCUT2D eigenvalue weighted by Crippen LogP contribution is -2.37. The fourth-order valence-corrected chi connectivity index (χ4v) is 5.34. The average molecular weight is 448 g/mol. The van der Waals surface area contributed by atoms with Crippen molar-refractivity contribution in [1.82, 2.24) is 9.55 Å². The number of carbonyl (C=O) groups excluding carboxylic acids is 1. The van der Waals surface area contributed by atoms with Gasteiger partial charge in [0.2, 0.25) is 5.88 Å². The summed E-state index contributed by atoms with van der Waals surface area (Å²) in [5.74, 6) is 0.814. The van der Waals surface area contributed by atoms with E-state index in [1.54, 1.807) is 10.9 Å². The number of hydrogen-bond acceptors (Lipinski definition) is 4. The lowest BCUT2D eigenvalue weighted by Gasteiger charge is -2.37. The molecular formula is C29H25N3O2. The smallest absolute Gasteiger partial charge is 0.228 e. The van der Waals surface area contributed by atoms with Gasteiger partial charge in [0.25, 0.3) is 0 Å². The van der Waals surface area contributed by atoms with Crippen LogP contribution in [0.25, 0.3) is 16.5 Å². The zero-order valence-corrected chi connectivity index (χ0v) is 19.2. The summed E-state index contributed by atoms with van der Waals surface area (Å²) in [4.78, 5) is 18.1. The van der Waals surface area contributed by atoms with Crippen LogP contribution in [0.4, 0.5) is 0 Å². The van der Waals surface area contributed by atoms with Crippen LogP contribution in [0.15, 0.2) is 90.5 Å². The van der Waals surface area contributed by atoms with Gasteiger partial charge in [-0.05, 0) is 22.4 Å². The minimum atomic E-state index is -0.383. The second-order valence-electron chi connectivity index (χ2n) is 9.90. The lowest BCUT2D eigenvalue weighted by molar-refractivity contribution is -0.118. The Labute approximate surface area is 197 Å². The molecule has 34 heavy (non-hydrogen) atoms. The van der Waals surface area contributed by atoms with Gasteiger partial charge in [-0.3, -0.25) is 14.8 Å². The number of aromatic nitrogens is 2. The number of ketones is 1. The first-order chi connectivity index (χ1) is 16.4. The maximum atomic E-state index is 13.5. The summed E-state index contributed by atoms with van der Waals surface area (Å²) >= 11 is 0. The van der Waals surface area contributed by atoms with Gasteiger partial charge in [-0.1, -0.05) is 80.6 Å². The third-order valence-corrected chi connectivity index (χ3v) is 6.85. The van der Waals surface area contributed by atoms with Crippen molar-refractivity contribution in [2.24, 2.45) is 5.41 Å². The number of nitrogens with zero attached hydrogens (tertiary/aromatic N) is 2. The predicted molar refractivity (Wildman–Crippen MR) is 131 cm³/mol. The maximum Gasteiger partial charge on any atom is 0.228 e. The van der Waals surface area contributed by atoms with Gasteiger partial charge >= 0.3 is 0 Å². The first-order valence-electron chi connectivity index (χ1n) is 11.6. The van der Waals surface area contributed by atoms with Gasteiger partial charge in [-0.25, -0.2) is 4.98 Å². The van der Waals surface area contributed by atoms with Crippen LogP contribution in [0.1, 0.15) is 43.7 Å². The number of Topliss-reactive ketones (excluding diaryl/α,β-unsaturated/α-hetero) is 1. The van der Waals surface area contributed by atoms with Gasteiger partial charge in [0.1, 0.15) is 17.6 Å². The fourth-order valence-electron chi connectivity index (χ4n) is 5.34. The standard InChI is InChI=1S/C29H25N3O2/c1-29(2)15-22(33)25-23(16-29)34-28-26(24(25)19-10-4-3-5-11-19)27(30)32(17-31-28)21-14-8-12-18-9-6-7-13-20(18)21/h3-14,17,24,30H,15-16H2,1-2H3. The van der Waals surface area contributed by atoms with Crippen LogP contribution in [0.5, 0.6) is 5.88 Å². The third-order valence-electron chi connectivity index (χ3n) is 6.85. The number of fused-ring (bicyclic) bond motifs is 2. The summed E-state index contributed by atoms with van der Waals surface area (Å²) in [5, 5.41) is 11.4. The second-order valence-corrected chi connectivity index (χ2v) is 9.90. The largest absolute Gasteiger partial charge is 0.442 e. The maximum absolute atomic E-state index is 13.5. The molecule has 1 unspecified atom stereocenters. The van der Waals surface area contributed by atoms with Crippen LogP contribution in [0.3, 0.4) is 0 Å². The first kappa shape index (κ1) is 20.6. The van der Waals surface area contributed by atoms with E-state index in [4.69, 9.17) is 4.74 Å². The van der Waals surface area contributed by atoms with E-state index in [0.717, 1.165) is 22.0 Å². The number of rotatable bonds is 2. The Bertz CT molecular complexity index is 1540. The Kier molecular flexibility index (Phi) is 4.56. The van der Waals surface area contributed by atoms with Crippen molar-refractivity contribution in [3.63, 3.8) is 0 Å². The van der Waals surface area contributed by atoms with Crippen molar-refractivity contribution in [3.8, 4) is 11.6 Å². The molecule has 2 aliphatic rings. The van der Waals surface area contributed by atoms with Gasteiger partial charge in [0, 0.05) is 29.7 Å². The molecule has 0 radical (unpaired) electrons.